The van der Waals surface area contributed by atoms with E-state index < -0.39 is 5.63 Å². The topological polar surface area (TPSA) is 60.4 Å². The predicted molar refractivity (Wildman–Crippen MR) is 132 cm³/mol. The molecule has 0 aliphatic heterocycles. The van der Waals surface area contributed by atoms with Crippen molar-refractivity contribution in [1.29, 1.82) is 0 Å². The average Bonchev–Trinajstić information content (AvgIpc) is 2.79. The Labute approximate surface area is 193 Å². The minimum Gasteiger partial charge on any atom is -0.422 e. The predicted octanol–water partition coefficient (Wildman–Crippen LogP) is 7.29. The first-order valence-electron chi connectivity index (χ1n) is 9.81. The van der Waals surface area contributed by atoms with E-state index in [1.807, 2.05) is 48.5 Å². The molecule has 0 saturated heterocycles. The Hall–Kier alpha value is -3.41. The van der Waals surface area contributed by atoms with Gasteiger partial charge in [-0.3, -0.25) is 0 Å². The van der Waals surface area contributed by atoms with E-state index in [0.717, 1.165) is 37.1 Å². The maximum Gasteiger partial charge on any atom is 0.344 e. The number of halogens is 2. The van der Waals surface area contributed by atoms with E-state index in [4.69, 9.17) is 20.4 Å². The van der Waals surface area contributed by atoms with Crippen molar-refractivity contribution in [3.8, 4) is 11.1 Å². The van der Waals surface area contributed by atoms with E-state index in [1.54, 1.807) is 24.3 Å². The highest BCUT2D eigenvalue weighted by molar-refractivity contribution is 9.10. The van der Waals surface area contributed by atoms with Crippen molar-refractivity contribution in [3.63, 3.8) is 0 Å². The normalized spacial score (nSPS) is 11.7. The van der Waals surface area contributed by atoms with E-state index in [0.29, 0.717) is 27.0 Å². The molecular weight excluding hydrogens is 492 g/mol. The van der Waals surface area contributed by atoms with Crippen LogP contribution in [0.4, 0.5) is 0 Å². The molecule has 0 unspecified atom stereocenters. The van der Waals surface area contributed by atoms with E-state index in [2.05, 4.69) is 15.9 Å². The van der Waals surface area contributed by atoms with Crippen molar-refractivity contribution in [1.82, 2.24) is 0 Å². The molecule has 0 amide bonds. The molecule has 2 heterocycles. The third kappa shape index (κ3) is 2.89. The first kappa shape index (κ1) is 19.3. The molecule has 0 N–H and O–H groups in total. The van der Waals surface area contributed by atoms with Gasteiger partial charge in [0.2, 0.25) is 0 Å². The molecule has 4 aromatic carbocycles. The minimum absolute atomic E-state index is 0.371. The van der Waals surface area contributed by atoms with Gasteiger partial charge in [0, 0.05) is 25.7 Å². The van der Waals surface area contributed by atoms with Crippen LogP contribution in [0, 0.1) is 0 Å². The van der Waals surface area contributed by atoms with Crippen LogP contribution < -0.4 is 11.3 Å². The molecule has 2 aromatic heterocycles. The lowest BCUT2D eigenvalue weighted by Gasteiger charge is -2.10. The van der Waals surface area contributed by atoms with Crippen LogP contribution in [0.3, 0.4) is 0 Å². The summed E-state index contributed by atoms with van der Waals surface area (Å²) in [5.74, 6) is 0. The van der Waals surface area contributed by atoms with E-state index >= 15 is 0 Å². The smallest absolute Gasteiger partial charge is 0.344 e. The monoisotopic (exact) mass is 502 g/mol. The summed E-state index contributed by atoms with van der Waals surface area (Å²) < 4.78 is 12.0. The van der Waals surface area contributed by atoms with Gasteiger partial charge >= 0.3 is 11.3 Å². The van der Waals surface area contributed by atoms with Crippen molar-refractivity contribution in [2.24, 2.45) is 0 Å². The lowest BCUT2D eigenvalue weighted by atomic mass is 9.99. The van der Waals surface area contributed by atoms with Gasteiger partial charge in [0.25, 0.3) is 0 Å². The number of benzene rings is 4. The first-order chi connectivity index (χ1) is 15.5. The summed E-state index contributed by atoms with van der Waals surface area (Å²) in [7, 11) is 0. The van der Waals surface area contributed by atoms with Crippen LogP contribution in [0.15, 0.2) is 95.7 Å². The Balaban J connectivity index is 1.65. The standard InChI is InChI=1S/C26H12BrClO4/c27-22-11-20-15-3-1-2-4-17(15)25(29)32-24(20)12-18(22)13-5-8-23-19(9-13)16-7-6-14(28)10-21(16)26(30)31-23/h1-12H. The van der Waals surface area contributed by atoms with Gasteiger partial charge in [0.05, 0.1) is 10.8 Å². The van der Waals surface area contributed by atoms with Crippen LogP contribution in [0.2, 0.25) is 5.02 Å². The number of rotatable bonds is 1. The quantitative estimate of drug-likeness (QED) is 0.175. The zero-order chi connectivity index (χ0) is 22.0. The summed E-state index contributed by atoms with van der Waals surface area (Å²) in [5, 5.41) is 4.69. The maximum absolute atomic E-state index is 12.5. The van der Waals surface area contributed by atoms with Gasteiger partial charge in [-0.05, 0) is 59.0 Å². The van der Waals surface area contributed by atoms with Crippen LogP contribution >= 0.6 is 27.5 Å². The number of fused-ring (bicyclic) bond motifs is 6. The van der Waals surface area contributed by atoms with Crippen LogP contribution in [0.1, 0.15) is 0 Å². The molecule has 6 rings (SSSR count). The van der Waals surface area contributed by atoms with Crippen molar-refractivity contribution >= 4 is 71.0 Å². The summed E-state index contributed by atoms with van der Waals surface area (Å²) in [5.41, 5.74) is 1.93. The number of hydrogen-bond acceptors (Lipinski definition) is 4. The van der Waals surface area contributed by atoms with E-state index in [9.17, 15) is 9.59 Å². The summed E-state index contributed by atoms with van der Waals surface area (Å²) in [4.78, 5) is 24.8. The molecule has 0 fully saturated rings. The van der Waals surface area contributed by atoms with Crippen molar-refractivity contribution in [2.45, 2.75) is 0 Å². The zero-order valence-electron chi connectivity index (χ0n) is 16.3. The third-order valence-corrected chi connectivity index (χ3v) is 6.59. The molecule has 0 aliphatic carbocycles. The highest BCUT2D eigenvalue weighted by Gasteiger charge is 2.14. The summed E-state index contributed by atoms with van der Waals surface area (Å²) in [6.07, 6.45) is 0. The fourth-order valence-corrected chi connectivity index (χ4v) is 4.94. The lowest BCUT2D eigenvalue weighted by molar-refractivity contribution is 0.569. The Morgan fingerprint density at radius 3 is 2.16 bits per heavy atom. The van der Waals surface area contributed by atoms with Gasteiger partial charge < -0.3 is 8.83 Å². The van der Waals surface area contributed by atoms with Gasteiger partial charge in [-0.25, -0.2) is 9.59 Å². The largest absolute Gasteiger partial charge is 0.422 e. The van der Waals surface area contributed by atoms with Gasteiger partial charge in [-0.2, -0.15) is 0 Å². The molecule has 6 aromatic rings. The fraction of sp³-hybridized carbons (Fsp3) is 0. The van der Waals surface area contributed by atoms with Gasteiger partial charge in [-0.1, -0.05) is 57.9 Å². The molecule has 0 saturated carbocycles. The van der Waals surface area contributed by atoms with Gasteiger partial charge in [0.1, 0.15) is 11.2 Å². The van der Waals surface area contributed by atoms with Crippen LogP contribution in [-0.4, -0.2) is 0 Å². The second kappa shape index (κ2) is 7.05. The molecule has 0 radical (unpaired) electrons. The molecular formula is C26H12BrClO4. The Morgan fingerprint density at radius 1 is 0.625 bits per heavy atom. The summed E-state index contributed by atoms with van der Waals surface area (Å²) in [6, 6.07) is 22.0. The molecule has 4 nitrogen and oxygen atoms in total. The van der Waals surface area contributed by atoms with Crippen molar-refractivity contribution < 1.29 is 8.83 Å². The summed E-state index contributed by atoms with van der Waals surface area (Å²) >= 11 is 9.76. The lowest BCUT2D eigenvalue weighted by Crippen LogP contribution is -2.00. The second-order valence-corrected chi connectivity index (χ2v) is 8.84. The first-order valence-corrected chi connectivity index (χ1v) is 11.0. The van der Waals surface area contributed by atoms with Crippen molar-refractivity contribution in [2.75, 3.05) is 0 Å². The molecule has 6 heteroatoms. The van der Waals surface area contributed by atoms with Gasteiger partial charge in [-0.15, -0.1) is 0 Å². The number of hydrogen-bond donors (Lipinski definition) is 0. The second-order valence-electron chi connectivity index (χ2n) is 7.55. The molecule has 154 valence electrons. The fourth-order valence-electron chi connectivity index (χ4n) is 4.19. The molecule has 32 heavy (non-hydrogen) atoms. The minimum atomic E-state index is -0.428. The third-order valence-electron chi connectivity index (χ3n) is 5.69. The van der Waals surface area contributed by atoms with Crippen LogP contribution in [0.25, 0.3) is 54.6 Å². The molecule has 0 aliphatic rings. The van der Waals surface area contributed by atoms with Crippen LogP contribution in [0.5, 0.6) is 0 Å². The van der Waals surface area contributed by atoms with E-state index in [-0.39, 0.29) is 5.63 Å². The Kier molecular flexibility index (Phi) is 4.25. The molecule has 0 atom stereocenters. The van der Waals surface area contributed by atoms with Gasteiger partial charge in [0.15, 0.2) is 0 Å². The average molecular weight is 504 g/mol. The highest BCUT2D eigenvalue weighted by atomic mass is 79.9. The highest BCUT2D eigenvalue weighted by Crippen LogP contribution is 2.37. The maximum atomic E-state index is 12.5. The van der Waals surface area contributed by atoms with Crippen molar-refractivity contribution in [3.05, 3.63) is 103 Å². The zero-order valence-corrected chi connectivity index (χ0v) is 18.7. The summed E-state index contributed by atoms with van der Waals surface area (Å²) in [6.45, 7) is 0. The molecule has 0 spiro atoms. The molecule has 0 bridgehead atoms. The SMILES string of the molecule is O=c1oc2ccc(-c3cc4oc(=O)c5ccccc5c4cc3Br)cc2c2ccc(Cl)cc12. The van der Waals surface area contributed by atoms with E-state index in [1.165, 1.54) is 0 Å². The van der Waals surface area contributed by atoms with Crippen LogP contribution in [-0.2, 0) is 0 Å². The Bertz CT molecular complexity index is 1850. The Morgan fingerprint density at radius 2 is 1.31 bits per heavy atom.